The third-order valence-electron chi connectivity index (χ3n) is 6.35. The fourth-order valence-corrected chi connectivity index (χ4v) is 5.50. The highest BCUT2D eigenvalue weighted by molar-refractivity contribution is 9.10. The minimum Gasteiger partial charge on any atom is -0.493 e. The Balaban J connectivity index is 1.44. The number of ether oxygens (including phenoxy) is 1. The Kier molecular flexibility index (Phi) is 7.08. The summed E-state index contributed by atoms with van der Waals surface area (Å²) in [5.41, 5.74) is 5.16. The third kappa shape index (κ3) is 5.22. The lowest BCUT2D eigenvalue weighted by molar-refractivity contribution is 0.269. The van der Waals surface area contributed by atoms with E-state index in [1.54, 1.807) is 0 Å². The highest BCUT2D eigenvalue weighted by Gasteiger charge is 2.16. The third-order valence-corrected chi connectivity index (χ3v) is 7.84. The summed E-state index contributed by atoms with van der Waals surface area (Å²) < 4.78 is 10.7. The van der Waals surface area contributed by atoms with Gasteiger partial charge in [-0.1, -0.05) is 71.4 Å². The van der Waals surface area contributed by atoms with Gasteiger partial charge in [-0.05, 0) is 66.9 Å². The molecule has 40 heavy (non-hydrogen) atoms. The summed E-state index contributed by atoms with van der Waals surface area (Å²) in [4.78, 5) is 18.5. The maximum atomic E-state index is 13.4. The molecule has 0 amide bonds. The minimum atomic E-state index is -0.206. The number of aromatic nitrogens is 5. The molecule has 6 rings (SSSR count). The molecule has 0 aliphatic rings. The zero-order chi connectivity index (χ0) is 27.8. The number of aryl methyl sites for hydroxylation is 1. The molecule has 3 heterocycles. The molecule has 0 bridgehead atoms. The van der Waals surface area contributed by atoms with E-state index in [9.17, 15) is 4.79 Å². The second-order valence-corrected chi connectivity index (χ2v) is 11.9. The molecule has 0 aliphatic carbocycles. The number of thiazole rings is 1. The molecule has 200 valence electrons. The van der Waals surface area contributed by atoms with Gasteiger partial charge in [-0.3, -0.25) is 4.79 Å². The van der Waals surface area contributed by atoms with Crippen molar-refractivity contribution >= 4 is 38.3 Å². The lowest BCUT2D eigenvalue weighted by atomic mass is 10.0. The van der Waals surface area contributed by atoms with Crippen molar-refractivity contribution in [3.8, 4) is 34.1 Å². The highest BCUT2D eigenvalue weighted by atomic mass is 79.9. The van der Waals surface area contributed by atoms with Gasteiger partial charge >= 0.3 is 0 Å². The van der Waals surface area contributed by atoms with Crippen LogP contribution in [0.2, 0.25) is 0 Å². The summed E-state index contributed by atoms with van der Waals surface area (Å²) in [6, 6.07) is 23.7. The molecule has 0 saturated heterocycles. The summed E-state index contributed by atoms with van der Waals surface area (Å²) in [6.07, 6.45) is 3.83. The number of hydrogen-bond donors (Lipinski definition) is 0. The number of para-hydroxylation sites is 1. The average molecular weight is 613 g/mol. The molecule has 0 saturated carbocycles. The van der Waals surface area contributed by atoms with Gasteiger partial charge in [0.2, 0.25) is 4.96 Å². The van der Waals surface area contributed by atoms with Crippen LogP contribution in [0.1, 0.15) is 25.0 Å². The second-order valence-electron chi connectivity index (χ2n) is 9.95. The molecule has 0 radical (unpaired) electrons. The highest BCUT2D eigenvalue weighted by Crippen LogP contribution is 2.29. The van der Waals surface area contributed by atoms with E-state index in [-0.39, 0.29) is 5.56 Å². The minimum absolute atomic E-state index is 0.206. The molecule has 7 nitrogen and oxygen atoms in total. The van der Waals surface area contributed by atoms with Gasteiger partial charge in [-0.25, -0.2) is 4.68 Å². The Morgan fingerprint density at radius 3 is 2.45 bits per heavy atom. The maximum Gasteiger partial charge on any atom is 0.291 e. The Hall–Kier alpha value is -4.08. The first kappa shape index (κ1) is 26.2. The molecule has 9 heteroatoms. The van der Waals surface area contributed by atoms with Crippen molar-refractivity contribution in [1.82, 2.24) is 24.4 Å². The predicted molar refractivity (Wildman–Crippen MR) is 163 cm³/mol. The molecule has 0 N–H and O–H groups in total. The number of rotatable bonds is 7. The van der Waals surface area contributed by atoms with Crippen LogP contribution >= 0.6 is 27.3 Å². The first-order valence-electron chi connectivity index (χ1n) is 12.9. The van der Waals surface area contributed by atoms with Gasteiger partial charge in [0, 0.05) is 27.4 Å². The molecule has 3 aromatic heterocycles. The Morgan fingerprint density at radius 2 is 1.75 bits per heavy atom. The quantitative estimate of drug-likeness (QED) is 0.211. The van der Waals surface area contributed by atoms with E-state index < -0.39 is 0 Å². The predicted octanol–water partition coefficient (Wildman–Crippen LogP) is 6.32. The van der Waals surface area contributed by atoms with Crippen LogP contribution in [0.5, 0.6) is 5.75 Å². The van der Waals surface area contributed by atoms with Crippen LogP contribution < -0.4 is 14.8 Å². The number of halogens is 1. The van der Waals surface area contributed by atoms with Crippen molar-refractivity contribution in [1.29, 1.82) is 0 Å². The van der Waals surface area contributed by atoms with Crippen molar-refractivity contribution in [2.75, 3.05) is 6.61 Å². The molecular weight excluding hydrogens is 586 g/mol. The molecule has 3 aromatic carbocycles. The van der Waals surface area contributed by atoms with Crippen molar-refractivity contribution in [2.45, 2.75) is 20.8 Å². The number of hydrogen-bond acceptors (Lipinski definition) is 6. The van der Waals surface area contributed by atoms with Gasteiger partial charge in [0.15, 0.2) is 5.82 Å². The largest absolute Gasteiger partial charge is 0.493 e. The summed E-state index contributed by atoms with van der Waals surface area (Å²) in [5, 5.41) is 9.42. The van der Waals surface area contributed by atoms with Crippen LogP contribution in [0.25, 0.3) is 39.4 Å². The number of fused-ring (bicyclic) bond motifs is 1. The van der Waals surface area contributed by atoms with E-state index in [2.05, 4.69) is 45.9 Å². The summed E-state index contributed by atoms with van der Waals surface area (Å²) in [7, 11) is 0. The van der Waals surface area contributed by atoms with Gasteiger partial charge in [0.1, 0.15) is 11.4 Å². The molecular formula is C31H26BrN5O2S. The summed E-state index contributed by atoms with van der Waals surface area (Å²) >= 11 is 4.76. The van der Waals surface area contributed by atoms with Crippen molar-refractivity contribution in [2.24, 2.45) is 5.92 Å². The fraction of sp³-hybridized carbons (Fsp3) is 0.161. The lowest BCUT2D eigenvalue weighted by Gasteiger charge is -2.12. The van der Waals surface area contributed by atoms with E-state index in [0.29, 0.717) is 27.8 Å². The lowest BCUT2D eigenvalue weighted by Crippen LogP contribution is -2.23. The topological polar surface area (TPSA) is 74.3 Å². The van der Waals surface area contributed by atoms with E-state index in [1.807, 2.05) is 90.6 Å². The average Bonchev–Trinajstić information content (AvgIpc) is 3.64. The molecule has 0 fully saturated rings. The molecule has 0 atom stereocenters. The maximum absolute atomic E-state index is 13.4. The molecule has 6 aromatic rings. The monoisotopic (exact) mass is 611 g/mol. The van der Waals surface area contributed by atoms with Gasteiger partial charge in [-0.15, -0.1) is 5.10 Å². The Bertz CT molecular complexity index is 1920. The summed E-state index contributed by atoms with van der Waals surface area (Å²) in [5.74, 6) is 1.82. The molecule has 0 unspecified atom stereocenters. The van der Waals surface area contributed by atoms with Gasteiger partial charge in [-0.2, -0.15) is 14.6 Å². The Morgan fingerprint density at radius 1 is 1.00 bits per heavy atom. The number of nitrogens with zero attached hydrogens (tertiary/aromatic N) is 5. The van der Waals surface area contributed by atoms with Crippen molar-refractivity contribution in [3.63, 3.8) is 0 Å². The smallest absolute Gasteiger partial charge is 0.291 e. The standard InChI is InChI=1S/C31H26BrN5O2S/c1-19(2)18-39-26-14-11-22(15-20(26)3)28-23(17-36(34-28)25-7-5-4-6-8-25)16-27-30(38)37-31(40-27)33-29(35-37)21-9-12-24(32)13-10-21/h4-17,19H,18H2,1-3H3/b27-16-. The first-order valence-corrected chi connectivity index (χ1v) is 14.5. The fourth-order valence-electron chi connectivity index (χ4n) is 4.34. The van der Waals surface area contributed by atoms with Crippen LogP contribution in [0.15, 0.2) is 88.3 Å². The molecule has 0 aliphatic heterocycles. The summed E-state index contributed by atoms with van der Waals surface area (Å²) in [6.45, 7) is 6.96. The normalized spacial score (nSPS) is 12.1. The van der Waals surface area contributed by atoms with Crippen LogP contribution in [0, 0.1) is 12.8 Å². The van der Waals surface area contributed by atoms with E-state index in [1.165, 1.54) is 15.9 Å². The zero-order valence-corrected chi connectivity index (χ0v) is 24.6. The van der Waals surface area contributed by atoms with Crippen LogP contribution in [-0.2, 0) is 0 Å². The second kappa shape index (κ2) is 10.8. The van der Waals surface area contributed by atoms with Gasteiger partial charge < -0.3 is 4.74 Å². The SMILES string of the molecule is Cc1cc(-c2nn(-c3ccccc3)cc2/C=c2\sc3nc(-c4ccc(Br)cc4)nn3c2=O)ccc1OCC(C)C. The Labute approximate surface area is 243 Å². The van der Waals surface area contributed by atoms with Crippen molar-refractivity contribution < 1.29 is 4.74 Å². The zero-order valence-electron chi connectivity index (χ0n) is 22.2. The first-order chi connectivity index (χ1) is 19.4. The van der Waals surface area contributed by atoms with Gasteiger partial charge in [0.05, 0.1) is 16.8 Å². The van der Waals surface area contributed by atoms with Crippen LogP contribution in [0.3, 0.4) is 0 Å². The number of benzene rings is 3. The van der Waals surface area contributed by atoms with Crippen LogP contribution in [-0.4, -0.2) is 31.0 Å². The van der Waals surface area contributed by atoms with E-state index in [4.69, 9.17) is 9.84 Å². The van der Waals surface area contributed by atoms with E-state index in [0.717, 1.165) is 43.9 Å². The van der Waals surface area contributed by atoms with E-state index >= 15 is 0 Å². The van der Waals surface area contributed by atoms with Gasteiger partial charge in [0.25, 0.3) is 5.56 Å². The van der Waals surface area contributed by atoms with Crippen molar-refractivity contribution in [3.05, 3.63) is 109 Å². The molecule has 0 spiro atoms. The van der Waals surface area contributed by atoms with Crippen LogP contribution in [0.4, 0.5) is 0 Å².